The summed E-state index contributed by atoms with van der Waals surface area (Å²) in [6.45, 7) is 8.60. The molecule has 8 heteroatoms. The van der Waals surface area contributed by atoms with Crippen LogP contribution in [-0.2, 0) is 17.1 Å². The Balaban J connectivity index is 2.37. The van der Waals surface area contributed by atoms with Gasteiger partial charge in [0.25, 0.3) is 0 Å². The quantitative estimate of drug-likeness (QED) is 0.213. The maximum absolute atomic E-state index is 13.7. The van der Waals surface area contributed by atoms with Gasteiger partial charge in [-0.15, -0.1) is 0 Å². The van der Waals surface area contributed by atoms with Crippen LogP contribution in [0.1, 0.15) is 64.9 Å². The molecular weight excluding hydrogens is 587 g/mol. The Bertz CT molecular complexity index is 1310. The fourth-order valence-electron chi connectivity index (χ4n) is 5.16. The van der Waals surface area contributed by atoms with Crippen LogP contribution in [0.15, 0.2) is 46.2 Å². The van der Waals surface area contributed by atoms with E-state index in [1.54, 1.807) is 41.9 Å². The van der Waals surface area contributed by atoms with Gasteiger partial charge in [0.05, 0.1) is 0 Å². The summed E-state index contributed by atoms with van der Waals surface area (Å²) in [5.74, 6) is 0. The number of halogens is 1. The summed E-state index contributed by atoms with van der Waals surface area (Å²) in [4.78, 5) is 13.6. The average molecular weight is 626 g/mol. The van der Waals surface area contributed by atoms with Crippen molar-refractivity contribution in [1.82, 2.24) is 8.54 Å². The molecule has 0 aliphatic carbocycles. The first kappa shape index (κ1) is 28.3. The molecule has 3 aromatic rings. The van der Waals surface area contributed by atoms with Gasteiger partial charge >= 0.3 is 221 Å². The summed E-state index contributed by atoms with van der Waals surface area (Å²) >= 11 is 3.64. The molecule has 0 atom stereocenters. The number of pyridine rings is 1. The van der Waals surface area contributed by atoms with Gasteiger partial charge < -0.3 is 0 Å². The Morgan fingerprint density at radius 2 is 1.43 bits per heavy atom. The zero-order valence-corrected chi connectivity index (χ0v) is 26.2. The SMILES string of the molecule is CCC[CH2][Sn]([CH2]CCC)([CH2]CCC)[c]1cn(C)c(=O)c2c1cc(Cl)n2S(=O)(=O)c1ccc(C)cc1. The summed E-state index contributed by atoms with van der Waals surface area (Å²) in [5, 5.41) is 0.833. The third kappa shape index (κ3) is 5.69. The van der Waals surface area contributed by atoms with Crippen molar-refractivity contribution < 1.29 is 8.42 Å². The van der Waals surface area contributed by atoms with Crippen molar-refractivity contribution in [3.63, 3.8) is 0 Å². The molecule has 0 N–H and O–H groups in total. The van der Waals surface area contributed by atoms with E-state index in [1.807, 2.05) is 13.1 Å². The van der Waals surface area contributed by atoms with Crippen LogP contribution < -0.4 is 9.14 Å². The van der Waals surface area contributed by atoms with Crippen molar-refractivity contribution in [3.05, 3.63) is 57.6 Å². The maximum atomic E-state index is 13.7. The number of hydrogen-bond acceptors (Lipinski definition) is 3. The monoisotopic (exact) mass is 626 g/mol. The molecule has 192 valence electrons. The van der Waals surface area contributed by atoms with Gasteiger partial charge in [-0.05, 0) is 0 Å². The van der Waals surface area contributed by atoms with Crippen molar-refractivity contribution >= 4 is 54.5 Å². The number of rotatable bonds is 12. The summed E-state index contributed by atoms with van der Waals surface area (Å²) in [6.07, 6.45) is 8.94. The first-order valence-corrected chi connectivity index (χ1v) is 22.2. The van der Waals surface area contributed by atoms with E-state index >= 15 is 0 Å². The van der Waals surface area contributed by atoms with E-state index in [9.17, 15) is 13.2 Å². The van der Waals surface area contributed by atoms with Gasteiger partial charge in [-0.25, -0.2) is 0 Å². The summed E-state index contributed by atoms with van der Waals surface area (Å²) in [7, 11) is -2.29. The molecule has 0 aliphatic heterocycles. The molecule has 0 saturated heterocycles. The number of fused-ring (bicyclic) bond motifs is 1. The van der Waals surface area contributed by atoms with Crippen LogP contribution in [0.4, 0.5) is 0 Å². The second-order valence-corrected chi connectivity index (χ2v) is 25.2. The molecule has 2 heterocycles. The zero-order chi connectivity index (χ0) is 25.8. The molecule has 0 spiro atoms. The number of aryl methyl sites for hydroxylation is 2. The van der Waals surface area contributed by atoms with E-state index < -0.39 is 28.4 Å². The summed E-state index contributed by atoms with van der Waals surface area (Å²) in [6, 6.07) is 8.42. The van der Waals surface area contributed by atoms with Crippen molar-refractivity contribution in [2.75, 3.05) is 0 Å². The normalized spacial score (nSPS) is 12.5. The topological polar surface area (TPSA) is 61.1 Å². The third-order valence-electron chi connectivity index (χ3n) is 7.21. The fraction of sp³-hybridized carbons (Fsp3) is 0.519. The molecule has 3 rings (SSSR count). The minimum absolute atomic E-state index is 0.0757. The van der Waals surface area contributed by atoms with Gasteiger partial charge in [-0.2, -0.15) is 0 Å². The van der Waals surface area contributed by atoms with Crippen molar-refractivity contribution in [2.45, 2.75) is 84.4 Å². The van der Waals surface area contributed by atoms with Gasteiger partial charge in [-0.3, -0.25) is 0 Å². The standard InChI is InChI=1S/C15H12ClN2O3S.3C4H9.Sn/c1-10-3-5-12(6-4-10)22(20,21)18-13(16)9-11-7-8-17(2)15(19)14(11)18;3*1-3-4-2;/h3-6,8-9H,1-2H3;3*1,3-4H2,2H3;. The van der Waals surface area contributed by atoms with Crippen molar-refractivity contribution in [3.8, 4) is 0 Å². The number of aromatic nitrogens is 2. The van der Waals surface area contributed by atoms with Crippen LogP contribution in [0, 0.1) is 6.92 Å². The number of benzene rings is 1. The first-order valence-electron chi connectivity index (χ1n) is 12.9. The minimum atomic E-state index is -4.03. The zero-order valence-electron chi connectivity index (χ0n) is 21.7. The van der Waals surface area contributed by atoms with Crippen molar-refractivity contribution in [2.24, 2.45) is 7.05 Å². The van der Waals surface area contributed by atoms with E-state index in [-0.39, 0.29) is 21.1 Å². The predicted molar refractivity (Wildman–Crippen MR) is 150 cm³/mol. The van der Waals surface area contributed by atoms with Crippen molar-refractivity contribution in [1.29, 1.82) is 0 Å². The Labute approximate surface area is 219 Å². The van der Waals surface area contributed by atoms with Gasteiger partial charge in [0.1, 0.15) is 0 Å². The Hall–Kier alpha value is -1.25. The number of hydrogen-bond donors (Lipinski definition) is 0. The fourth-order valence-corrected chi connectivity index (χ4v) is 23.8. The number of nitrogens with zero attached hydrogens (tertiary/aromatic N) is 2. The van der Waals surface area contributed by atoms with Crippen LogP contribution in [0.5, 0.6) is 0 Å². The molecule has 0 saturated carbocycles. The van der Waals surface area contributed by atoms with Gasteiger partial charge in [0, 0.05) is 0 Å². The van der Waals surface area contributed by atoms with E-state index in [0.29, 0.717) is 0 Å². The van der Waals surface area contributed by atoms with E-state index in [4.69, 9.17) is 11.6 Å². The molecule has 35 heavy (non-hydrogen) atoms. The molecule has 0 aliphatic rings. The molecule has 0 unspecified atom stereocenters. The molecule has 0 bridgehead atoms. The van der Waals surface area contributed by atoms with Crippen LogP contribution >= 0.6 is 11.6 Å². The van der Waals surface area contributed by atoms with E-state index in [0.717, 1.165) is 34.2 Å². The predicted octanol–water partition coefficient (Wildman–Crippen LogP) is 6.59. The Morgan fingerprint density at radius 1 is 0.914 bits per heavy atom. The molecule has 0 amide bonds. The Morgan fingerprint density at radius 3 is 1.91 bits per heavy atom. The van der Waals surface area contributed by atoms with Crippen LogP contribution in [0.2, 0.25) is 18.5 Å². The molecule has 5 nitrogen and oxygen atoms in total. The van der Waals surface area contributed by atoms with Crippen LogP contribution in [-0.4, -0.2) is 35.3 Å². The average Bonchev–Trinajstić information content (AvgIpc) is 3.19. The van der Waals surface area contributed by atoms with Gasteiger partial charge in [-0.1, -0.05) is 0 Å². The summed E-state index contributed by atoms with van der Waals surface area (Å²) < 4.78 is 35.0. The van der Waals surface area contributed by atoms with Gasteiger partial charge in [0.15, 0.2) is 0 Å². The summed E-state index contributed by atoms with van der Waals surface area (Å²) in [5.41, 5.74) is 0.835. The molecular formula is C27H39ClN2O3SSn. The third-order valence-corrected chi connectivity index (χ3v) is 24.9. The molecule has 0 fully saturated rings. The molecule has 2 aromatic heterocycles. The molecule has 0 radical (unpaired) electrons. The van der Waals surface area contributed by atoms with E-state index in [1.165, 1.54) is 36.2 Å². The Kier molecular flexibility index (Phi) is 9.60. The van der Waals surface area contributed by atoms with Gasteiger partial charge in [0.2, 0.25) is 0 Å². The second kappa shape index (κ2) is 11.9. The second-order valence-electron chi connectivity index (χ2n) is 9.86. The molecule has 1 aromatic carbocycles. The van der Waals surface area contributed by atoms with Crippen LogP contribution in [0.3, 0.4) is 0 Å². The first-order chi connectivity index (χ1) is 16.6. The van der Waals surface area contributed by atoms with E-state index in [2.05, 4.69) is 20.8 Å². The number of unbranched alkanes of at least 4 members (excludes halogenated alkanes) is 3. The van der Waals surface area contributed by atoms with Crippen LogP contribution in [0.25, 0.3) is 10.9 Å².